The Hall–Kier alpha value is -2.65. The lowest BCUT2D eigenvalue weighted by Crippen LogP contribution is -2.27. The van der Waals surface area contributed by atoms with Crippen molar-refractivity contribution in [3.63, 3.8) is 0 Å². The normalized spacial score (nSPS) is 11.4. The number of rotatable bonds is 5. The Morgan fingerprint density at radius 2 is 2.30 bits per heavy atom. The molecule has 0 fully saturated rings. The molecule has 0 unspecified atom stereocenters. The molecule has 2 N–H and O–H groups in total. The van der Waals surface area contributed by atoms with Gasteiger partial charge in [-0.05, 0) is 18.2 Å². The Labute approximate surface area is 135 Å². The Kier molecular flexibility index (Phi) is 5.14. The topological polar surface area (TPSA) is 93.7 Å². The molecule has 0 amide bonds. The molecule has 2 aromatic rings. The standard InChI is InChI=1S/C13H13ClFN5O3/c1-7(11(17-16-2)18-22-3)12-19-23-13(21)20(12)8-4-5-10(15)9(14)6-8/h4-6,16H,1H2,2-3H3,(H,17,18). The third-order valence-corrected chi connectivity index (χ3v) is 3.03. The van der Waals surface area contributed by atoms with Gasteiger partial charge in [-0.3, -0.25) is 9.36 Å². The van der Waals surface area contributed by atoms with E-state index >= 15 is 0 Å². The second kappa shape index (κ2) is 7.07. The van der Waals surface area contributed by atoms with Crippen molar-refractivity contribution in [2.75, 3.05) is 14.2 Å². The van der Waals surface area contributed by atoms with Crippen molar-refractivity contribution in [1.29, 1.82) is 0 Å². The first-order valence-electron chi connectivity index (χ1n) is 6.26. The fraction of sp³-hybridized carbons (Fsp3) is 0.154. The van der Waals surface area contributed by atoms with Crippen LogP contribution in [0, 0.1) is 5.82 Å². The van der Waals surface area contributed by atoms with E-state index < -0.39 is 11.6 Å². The Morgan fingerprint density at radius 1 is 1.57 bits per heavy atom. The van der Waals surface area contributed by atoms with Crippen LogP contribution in [0.4, 0.5) is 4.39 Å². The number of hydroxylamine groups is 1. The zero-order valence-corrected chi connectivity index (χ0v) is 13.0. The number of hydrazone groups is 1. The summed E-state index contributed by atoms with van der Waals surface area (Å²) in [5.41, 5.74) is 5.51. The van der Waals surface area contributed by atoms with Gasteiger partial charge in [-0.2, -0.15) is 5.10 Å². The van der Waals surface area contributed by atoms with Gasteiger partial charge in [-0.15, -0.1) is 0 Å². The molecule has 0 aliphatic heterocycles. The van der Waals surface area contributed by atoms with Crippen molar-refractivity contribution >= 4 is 23.0 Å². The number of hydrogen-bond acceptors (Lipinski definition) is 6. The third-order valence-electron chi connectivity index (χ3n) is 2.74. The Balaban J connectivity index is 2.54. The second-order valence-corrected chi connectivity index (χ2v) is 4.58. The molecule has 1 heterocycles. The molecule has 0 spiro atoms. The van der Waals surface area contributed by atoms with Crippen LogP contribution < -0.4 is 16.7 Å². The van der Waals surface area contributed by atoms with E-state index in [0.717, 1.165) is 10.6 Å². The summed E-state index contributed by atoms with van der Waals surface area (Å²) in [5.74, 6) is -1.18. The molecular weight excluding hydrogens is 329 g/mol. The summed E-state index contributed by atoms with van der Waals surface area (Å²) in [7, 11) is 2.95. The number of aromatic nitrogens is 2. The number of hydrogen-bond donors (Lipinski definition) is 2. The molecule has 0 bridgehead atoms. The van der Waals surface area contributed by atoms with Crippen molar-refractivity contribution in [2.45, 2.75) is 0 Å². The molecule has 2 rings (SSSR count). The largest absolute Gasteiger partial charge is 0.446 e. The first-order chi connectivity index (χ1) is 11.0. The number of benzene rings is 1. The van der Waals surface area contributed by atoms with E-state index in [2.05, 4.69) is 32.3 Å². The highest BCUT2D eigenvalue weighted by Crippen LogP contribution is 2.20. The summed E-state index contributed by atoms with van der Waals surface area (Å²) in [6.07, 6.45) is 0. The fourth-order valence-corrected chi connectivity index (χ4v) is 1.93. The molecule has 0 saturated carbocycles. The van der Waals surface area contributed by atoms with Crippen LogP contribution in [0.5, 0.6) is 0 Å². The lowest BCUT2D eigenvalue weighted by molar-refractivity contribution is 0.145. The molecule has 1 aromatic heterocycles. The van der Waals surface area contributed by atoms with Crippen molar-refractivity contribution in [1.82, 2.24) is 20.6 Å². The van der Waals surface area contributed by atoms with Crippen molar-refractivity contribution in [3.8, 4) is 5.69 Å². The van der Waals surface area contributed by atoms with Crippen LogP contribution in [0.3, 0.4) is 0 Å². The number of amidine groups is 1. The summed E-state index contributed by atoms with van der Waals surface area (Å²) in [4.78, 5) is 16.7. The van der Waals surface area contributed by atoms with Gasteiger partial charge in [-0.25, -0.2) is 19.2 Å². The van der Waals surface area contributed by atoms with Gasteiger partial charge < -0.3 is 5.43 Å². The maximum absolute atomic E-state index is 13.3. The summed E-state index contributed by atoms with van der Waals surface area (Å²) in [5, 5.41) is 7.43. The molecule has 0 aliphatic rings. The second-order valence-electron chi connectivity index (χ2n) is 4.17. The van der Waals surface area contributed by atoms with Gasteiger partial charge in [0.25, 0.3) is 0 Å². The highest BCUT2D eigenvalue weighted by Gasteiger charge is 2.20. The van der Waals surface area contributed by atoms with E-state index in [-0.39, 0.29) is 27.9 Å². The molecule has 122 valence electrons. The summed E-state index contributed by atoms with van der Waals surface area (Å²) in [6, 6.07) is 3.75. The smallest absolute Gasteiger partial charge is 0.311 e. The highest BCUT2D eigenvalue weighted by molar-refractivity contribution is 6.30. The quantitative estimate of drug-likeness (QED) is 0.484. The predicted octanol–water partition coefficient (Wildman–Crippen LogP) is 1.32. The number of halogens is 2. The third kappa shape index (κ3) is 3.41. The van der Waals surface area contributed by atoms with Crippen LogP contribution in [0.2, 0.25) is 5.02 Å². The van der Waals surface area contributed by atoms with Crippen LogP contribution in [0.1, 0.15) is 5.82 Å². The highest BCUT2D eigenvalue weighted by atomic mass is 35.5. The maximum atomic E-state index is 13.3. The van der Waals surface area contributed by atoms with Crippen molar-refractivity contribution in [2.24, 2.45) is 5.10 Å². The van der Waals surface area contributed by atoms with Gasteiger partial charge in [0.2, 0.25) is 0 Å². The average molecular weight is 342 g/mol. The molecule has 0 atom stereocenters. The van der Waals surface area contributed by atoms with Crippen molar-refractivity contribution < 1.29 is 13.8 Å². The van der Waals surface area contributed by atoms with E-state index in [1.54, 1.807) is 7.05 Å². The summed E-state index contributed by atoms with van der Waals surface area (Å²) >= 11 is 5.75. The Morgan fingerprint density at radius 3 is 2.91 bits per heavy atom. The zero-order chi connectivity index (χ0) is 17.0. The van der Waals surface area contributed by atoms with Gasteiger partial charge >= 0.3 is 5.76 Å². The molecule has 1 aromatic carbocycles. The van der Waals surface area contributed by atoms with Crippen LogP contribution in [-0.2, 0) is 4.84 Å². The summed E-state index contributed by atoms with van der Waals surface area (Å²) in [6.45, 7) is 3.80. The first kappa shape index (κ1) is 16.7. The lowest BCUT2D eigenvalue weighted by atomic mass is 10.2. The van der Waals surface area contributed by atoms with Crippen LogP contribution in [0.15, 0.2) is 39.2 Å². The minimum Gasteiger partial charge on any atom is -0.311 e. The first-order valence-corrected chi connectivity index (χ1v) is 6.64. The van der Waals surface area contributed by atoms with Gasteiger partial charge in [0.15, 0.2) is 11.7 Å². The SMILES string of the molecule is C=C(C(=NNC)NOC)c1noc(=O)n1-c1ccc(F)c(Cl)c1. The number of nitrogens with zero attached hydrogens (tertiary/aromatic N) is 3. The van der Waals surface area contributed by atoms with Gasteiger partial charge in [0.1, 0.15) is 5.82 Å². The van der Waals surface area contributed by atoms with E-state index in [9.17, 15) is 9.18 Å². The van der Waals surface area contributed by atoms with Crippen LogP contribution in [-0.4, -0.2) is 29.7 Å². The van der Waals surface area contributed by atoms with E-state index in [0.29, 0.717) is 0 Å². The molecule has 0 saturated heterocycles. The average Bonchev–Trinajstić information content (AvgIpc) is 2.91. The van der Waals surface area contributed by atoms with E-state index in [4.69, 9.17) is 16.4 Å². The zero-order valence-electron chi connectivity index (χ0n) is 12.3. The molecule has 0 radical (unpaired) electrons. The minimum absolute atomic E-state index is 0.0521. The Bertz CT molecular complexity index is 814. The van der Waals surface area contributed by atoms with E-state index in [1.807, 2.05) is 0 Å². The lowest BCUT2D eigenvalue weighted by Gasteiger charge is -2.10. The van der Waals surface area contributed by atoms with Gasteiger partial charge in [0, 0.05) is 7.05 Å². The van der Waals surface area contributed by atoms with Gasteiger partial charge in [-0.1, -0.05) is 23.3 Å². The minimum atomic E-state index is -0.787. The van der Waals surface area contributed by atoms with Crippen LogP contribution >= 0.6 is 11.6 Å². The van der Waals surface area contributed by atoms with E-state index in [1.165, 1.54) is 19.2 Å². The molecule has 23 heavy (non-hydrogen) atoms. The number of nitrogens with one attached hydrogen (secondary N) is 2. The fourth-order valence-electron chi connectivity index (χ4n) is 1.76. The van der Waals surface area contributed by atoms with Gasteiger partial charge in [0.05, 0.1) is 23.4 Å². The molecule has 0 aliphatic carbocycles. The van der Waals surface area contributed by atoms with Crippen LogP contribution in [0.25, 0.3) is 11.3 Å². The maximum Gasteiger partial charge on any atom is 0.446 e. The monoisotopic (exact) mass is 341 g/mol. The summed E-state index contributed by atoms with van der Waals surface area (Å²) < 4.78 is 19.0. The molecule has 10 heteroatoms. The molecule has 8 nitrogen and oxygen atoms in total. The van der Waals surface area contributed by atoms with Crippen molar-refractivity contribution in [3.05, 3.63) is 52.0 Å². The molecular formula is C13H13ClFN5O3. The predicted molar refractivity (Wildman–Crippen MR) is 82.7 cm³/mol.